The number of hydrogen-bond acceptors (Lipinski definition) is 3. The van der Waals surface area contributed by atoms with Gasteiger partial charge in [0.15, 0.2) is 11.5 Å². The topological polar surface area (TPSA) is 31.4 Å². The number of aryl methyl sites for hydroxylation is 2. The zero-order valence-corrected chi connectivity index (χ0v) is 13.3. The maximum atomic E-state index is 5.38. The summed E-state index contributed by atoms with van der Waals surface area (Å²) in [5.41, 5.74) is 4.58. The SMILES string of the molecule is COc1cc2cnc(-c3cc(C)cc(C)c3)cc2cc1OC. The Kier molecular flexibility index (Phi) is 3.72. The minimum Gasteiger partial charge on any atom is -0.493 e. The maximum absolute atomic E-state index is 5.38. The van der Waals surface area contributed by atoms with E-state index in [1.54, 1.807) is 14.2 Å². The number of ether oxygens (including phenoxy) is 2. The van der Waals surface area contributed by atoms with Gasteiger partial charge in [-0.3, -0.25) is 4.98 Å². The molecular formula is C19H19NO2. The van der Waals surface area contributed by atoms with Crippen molar-refractivity contribution in [3.8, 4) is 22.8 Å². The summed E-state index contributed by atoms with van der Waals surface area (Å²) in [6.45, 7) is 4.21. The molecule has 0 fully saturated rings. The molecule has 0 spiro atoms. The number of hydrogen-bond donors (Lipinski definition) is 0. The van der Waals surface area contributed by atoms with Gasteiger partial charge in [0.05, 0.1) is 19.9 Å². The van der Waals surface area contributed by atoms with E-state index < -0.39 is 0 Å². The first-order valence-corrected chi connectivity index (χ1v) is 7.21. The number of pyridine rings is 1. The molecule has 3 nitrogen and oxygen atoms in total. The van der Waals surface area contributed by atoms with Crippen molar-refractivity contribution in [1.29, 1.82) is 0 Å². The van der Waals surface area contributed by atoms with E-state index in [2.05, 4.69) is 43.1 Å². The highest BCUT2D eigenvalue weighted by molar-refractivity contribution is 5.88. The average molecular weight is 293 g/mol. The second kappa shape index (κ2) is 5.68. The summed E-state index contributed by atoms with van der Waals surface area (Å²) in [5.74, 6) is 1.45. The van der Waals surface area contributed by atoms with E-state index in [-0.39, 0.29) is 0 Å². The Bertz CT molecular complexity index is 820. The summed E-state index contributed by atoms with van der Waals surface area (Å²) in [6.07, 6.45) is 1.88. The molecule has 22 heavy (non-hydrogen) atoms. The number of fused-ring (bicyclic) bond motifs is 1. The van der Waals surface area contributed by atoms with Gasteiger partial charge in [-0.1, -0.05) is 17.2 Å². The van der Waals surface area contributed by atoms with Crippen molar-refractivity contribution in [2.45, 2.75) is 13.8 Å². The maximum Gasteiger partial charge on any atom is 0.161 e. The third-order valence-electron chi connectivity index (χ3n) is 3.74. The zero-order valence-electron chi connectivity index (χ0n) is 13.3. The summed E-state index contributed by atoms with van der Waals surface area (Å²) in [6, 6.07) is 12.5. The van der Waals surface area contributed by atoms with Gasteiger partial charge in [-0.15, -0.1) is 0 Å². The van der Waals surface area contributed by atoms with Crippen LogP contribution in [0.2, 0.25) is 0 Å². The van der Waals surface area contributed by atoms with Crippen molar-refractivity contribution in [3.63, 3.8) is 0 Å². The van der Waals surface area contributed by atoms with Crippen LogP contribution in [0.25, 0.3) is 22.0 Å². The summed E-state index contributed by atoms with van der Waals surface area (Å²) in [4.78, 5) is 4.59. The lowest BCUT2D eigenvalue weighted by Gasteiger charge is -2.10. The highest BCUT2D eigenvalue weighted by Crippen LogP contribution is 2.33. The smallest absolute Gasteiger partial charge is 0.161 e. The Labute approximate surface area is 130 Å². The molecule has 0 aliphatic rings. The van der Waals surface area contributed by atoms with Crippen molar-refractivity contribution in [3.05, 3.63) is 53.7 Å². The van der Waals surface area contributed by atoms with Gasteiger partial charge in [-0.2, -0.15) is 0 Å². The van der Waals surface area contributed by atoms with Gasteiger partial charge in [0.25, 0.3) is 0 Å². The molecule has 0 saturated heterocycles. The minimum atomic E-state index is 0.718. The summed E-state index contributed by atoms with van der Waals surface area (Å²) in [5, 5.41) is 2.12. The molecule has 0 N–H and O–H groups in total. The van der Waals surface area contributed by atoms with Crippen LogP contribution in [0.5, 0.6) is 11.5 Å². The highest BCUT2D eigenvalue weighted by Gasteiger charge is 2.08. The van der Waals surface area contributed by atoms with Crippen molar-refractivity contribution in [2.75, 3.05) is 14.2 Å². The quantitative estimate of drug-likeness (QED) is 0.710. The molecule has 3 heteroatoms. The van der Waals surface area contributed by atoms with Gasteiger partial charge in [-0.25, -0.2) is 0 Å². The Morgan fingerprint density at radius 1 is 0.727 bits per heavy atom. The third-order valence-corrected chi connectivity index (χ3v) is 3.74. The van der Waals surface area contributed by atoms with Crippen LogP contribution >= 0.6 is 0 Å². The van der Waals surface area contributed by atoms with E-state index in [9.17, 15) is 0 Å². The summed E-state index contributed by atoms with van der Waals surface area (Å²) in [7, 11) is 3.29. The molecule has 2 aromatic carbocycles. The van der Waals surface area contributed by atoms with Crippen LogP contribution < -0.4 is 9.47 Å². The predicted octanol–water partition coefficient (Wildman–Crippen LogP) is 4.54. The van der Waals surface area contributed by atoms with Crippen molar-refractivity contribution in [1.82, 2.24) is 4.98 Å². The second-order valence-corrected chi connectivity index (χ2v) is 5.50. The van der Waals surface area contributed by atoms with Gasteiger partial charge < -0.3 is 9.47 Å². The van der Waals surface area contributed by atoms with E-state index >= 15 is 0 Å². The summed E-state index contributed by atoms with van der Waals surface area (Å²) < 4.78 is 10.7. The van der Waals surface area contributed by atoms with E-state index in [1.165, 1.54) is 11.1 Å². The molecular weight excluding hydrogens is 274 g/mol. The fourth-order valence-electron chi connectivity index (χ4n) is 2.75. The molecule has 0 saturated carbocycles. The van der Waals surface area contributed by atoms with Crippen molar-refractivity contribution >= 4 is 10.8 Å². The first-order chi connectivity index (χ1) is 10.6. The van der Waals surface area contributed by atoms with Crippen LogP contribution in [-0.4, -0.2) is 19.2 Å². The number of benzene rings is 2. The Morgan fingerprint density at radius 3 is 1.91 bits per heavy atom. The average Bonchev–Trinajstić information content (AvgIpc) is 2.52. The van der Waals surface area contributed by atoms with E-state index in [0.717, 1.165) is 33.5 Å². The monoisotopic (exact) mass is 293 g/mol. The van der Waals surface area contributed by atoms with Crippen molar-refractivity contribution < 1.29 is 9.47 Å². The number of rotatable bonds is 3. The normalized spacial score (nSPS) is 10.7. The largest absolute Gasteiger partial charge is 0.493 e. The summed E-state index contributed by atoms with van der Waals surface area (Å²) >= 11 is 0. The molecule has 3 aromatic rings. The highest BCUT2D eigenvalue weighted by atomic mass is 16.5. The van der Waals surface area contributed by atoms with Gasteiger partial charge in [-0.05, 0) is 49.6 Å². The minimum absolute atomic E-state index is 0.718. The van der Waals surface area contributed by atoms with E-state index in [4.69, 9.17) is 9.47 Å². The standard InChI is InChI=1S/C19H19NO2/c1-12-5-13(2)7-15(6-12)17-8-14-9-18(21-3)19(22-4)10-16(14)11-20-17/h5-11H,1-4H3. The first-order valence-electron chi connectivity index (χ1n) is 7.21. The van der Waals surface area contributed by atoms with Crippen LogP contribution in [0.4, 0.5) is 0 Å². The number of methoxy groups -OCH3 is 2. The van der Waals surface area contributed by atoms with E-state index in [0.29, 0.717) is 0 Å². The molecule has 0 aliphatic carbocycles. The molecule has 0 aliphatic heterocycles. The Morgan fingerprint density at radius 2 is 1.32 bits per heavy atom. The van der Waals surface area contributed by atoms with Crippen LogP contribution in [0.3, 0.4) is 0 Å². The lowest BCUT2D eigenvalue weighted by atomic mass is 10.0. The molecule has 0 radical (unpaired) electrons. The molecule has 112 valence electrons. The fraction of sp³-hybridized carbons (Fsp3) is 0.211. The van der Waals surface area contributed by atoms with Gasteiger partial charge in [0.1, 0.15) is 0 Å². The van der Waals surface area contributed by atoms with Crippen molar-refractivity contribution in [2.24, 2.45) is 0 Å². The molecule has 1 aromatic heterocycles. The Balaban J connectivity index is 2.16. The van der Waals surface area contributed by atoms with Gasteiger partial charge >= 0.3 is 0 Å². The van der Waals surface area contributed by atoms with Crippen LogP contribution in [0, 0.1) is 13.8 Å². The molecule has 0 atom stereocenters. The van der Waals surface area contributed by atoms with Gasteiger partial charge in [0.2, 0.25) is 0 Å². The van der Waals surface area contributed by atoms with Crippen LogP contribution in [-0.2, 0) is 0 Å². The fourth-order valence-corrected chi connectivity index (χ4v) is 2.75. The first kappa shape index (κ1) is 14.4. The Hall–Kier alpha value is -2.55. The molecule has 1 heterocycles. The van der Waals surface area contributed by atoms with Gasteiger partial charge in [0, 0.05) is 17.1 Å². The molecule has 0 bridgehead atoms. The molecule has 0 unspecified atom stereocenters. The number of aromatic nitrogens is 1. The predicted molar refractivity (Wildman–Crippen MR) is 89.8 cm³/mol. The molecule has 0 amide bonds. The van der Waals surface area contributed by atoms with E-state index in [1.807, 2.05) is 18.3 Å². The number of nitrogens with zero attached hydrogens (tertiary/aromatic N) is 1. The third kappa shape index (κ3) is 2.62. The second-order valence-electron chi connectivity index (χ2n) is 5.50. The lowest BCUT2D eigenvalue weighted by Crippen LogP contribution is -1.92. The van der Waals surface area contributed by atoms with Crippen LogP contribution in [0.1, 0.15) is 11.1 Å². The lowest BCUT2D eigenvalue weighted by molar-refractivity contribution is 0.356. The molecule has 3 rings (SSSR count). The zero-order chi connectivity index (χ0) is 15.7. The van der Waals surface area contributed by atoms with Crippen LogP contribution in [0.15, 0.2) is 42.6 Å².